The number of carbonyl (C=O) groups excluding carboxylic acids is 1. The van der Waals surface area contributed by atoms with Crippen LogP contribution in [0.2, 0.25) is 0 Å². The van der Waals surface area contributed by atoms with Gasteiger partial charge in [0.05, 0.1) is 6.61 Å². The number of nitrogens with zero attached hydrogens (tertiary/aromatic N) is 1. The average Bonchev–Trinajstić information content (AvgIpc) is 3.01. The van der Waals surface area contributed by atoms with Crippen molar-refractivity contribution < 1.29 is 18.7 Å². The molecular formula is C17H14BrNO4. The second kappa shape index (κ2) is 8.32. The molecule has 6 heteroatoms. The number of nitriles is 1. The van der Waals surface area contributed by atoms with Gasteiger partial charge in [-0.2, -0.15) is 5.26 Å². The van der Waals surface area contributed by atoms with E-state index in [9.17, 15) is 4.79 Å². The van der Waals surface area contributed by atoms with Gasteiger partial charge in [0.25, 0.3) is 0 Å². The number of hydrogen-bond donors (Lipinski definition) is 0. The predicted molar refractivity (Wildman–Crippen MR) is 88.3 cm³/mol. The first-order valence-corrected chi connectivity index (χ1v) is 7.57. The fourth-order valence-electron chi connectivity index (χ4n) is 1.81. The highest BCUT2D eigenvalue weighted by molar-refractivity contribution is 9.10. The maximum absolute atomic E-state index is 11.8. The Kier molecular flexibility index (Phi) is 6.15. The lowest BCUT2D eigenvalue weighted by molar-refractivity contribution is -0.139. The maximum atomic E-state index is 11.8. The lowest BCUT2D eigenvalue weighted by Crippen LogP contribution is -2.11. The van der Waals surface area contributed by atoms with Crippen LogP contribution >= 0.6 is 15.9 Å². The number of methoxy groups -OCH3 is 1. The topological polar surface area (TPSA) is 72.5 Å². The van der Waals surface area contributed by atoms with Crippen molar-refractivity contribution in [1.82, 2.24) is 0 Å². The van der Waals surface area contributed by atoms with Crippen LogP contribution in [0.1, 0.15) is 5.76 Å². The smallest absolute Gasteiger partial charge is 0.349 e. The fraction of sp³-hybridized carbons (Fsp3) is 0.176. The van der Waals surface area contributed by atoms with Crippen LogP contribution in [-0.4, -0.2) is 26.3 Å². The van der Waals surface area contributed by atoms with E-state index in [1.165, 1.54) is 13.2 Å². The predicted octanol–water partition coefficient (Wildman–Crippen LogP) is 3.81. The molecular weight excluding hydrogens is 362 g/mol. The molecule has 0 unspecified atom stereocenters. The molecule has 2 aromatic rings. The summed E-state index contributed by atoms with van der Waals surface area (Å²) in [4.78, 5) is 11.8. The zero-order valence-corrected chi connectivity index (χ0v) is 14.0. The van der Waals surface area contributed by atoms with Crippen LogP contribution in [0, 0.1) is 11.3 Å². The Morgan fingerprint density at radius 3 is 2.78 bits per heavy atom. The molecule has 0 amide bonds. The van der Waals surface area contributed by atoms with Crippen molar-refractivity contribution in [1.29, 1.82) is 5.26 Å². The van der Waals surface area contributed by atoms with Crippen molar-refractivity contribution in [2.75, 3.05) is 20.3 Å². The lowest BCUT2D eigenvalue weighted by atomic mass is 10.2. The van der Waals surface area contributed by atoms with Gasteiger partial charge in [0.15, 0.2) is 0 Å². The molecule has 0 saturated carbocycles. The quantitative estimate of drug-likeness (QED) is 0.332. The SMILES string of the molecule is COCCOC(=O)/C(C#N)=C/c1ccc(-c2ccccc2Br)o1. The first-order chi connectivity index (χ1) is 11.2. The Hall–Kier alpha value is -2.36. The van der Waals surface area contributed by atoms with Crippen LogP contribution in [0.25, 0.3) is 17.4 Å². The third-order valence-electron chi connectivity index (χ3n) is 2.91. The first-order valence-electron chi connectivity index (χ1n) is 6.78. The summed E-state index contributed by atoms with van der Waals surface area (Å²) < 4.78 is 16.3. The lowest BCUT2D eigenvalue weighted by Gasteiger charge is -2.02. The Morgan fingerprint density at radius 2 is 2.09 bits per heavy atom. The van der Waals surface area contributed by atoms with Crippen LogP contribution in [-0.2, 0) is 14.3 Å². The number of furan rings is 1. The molecule has 1 heterocycles. The Morgan fingerprint density at radius 1 is 1.30 bits per heavy atom. The molecule has 0 saturated heterocycles. The van der Waals surface area contributed by atoms with Gasteiger partial charge >= 0.3 is 5.97 Å². The number of esters is 1. The van der Waals surface area contributed by atoms with Crippen molar-refractivity contribution in [2.45, 2.75) is 0 Å². The summed E-state index contributed by atoms with van der Waals surface area (Å²) in [5.41, 5.74) is 0.752. The molecule has 0 aliphatic heterocycles. The molecule has 0 spiro atoms. The Bertz CT molecular complexity index is 758. The van der Waals surface area contributed by atoms with E-state index < -0.39 is 5.97 Å². The molecule has 0 radical (unpaired) electrons. The zero-order valence-electron chi connectivity index (χ0n) is 12.4. The second-order valence-corrected chi connectivity index (χ2v) is 5.33. The number of halogens is 1. The molecule has 5 nitrogen and oxygen atoms in total. The van der Waals surface area contributed by atoms with Crippen molar-refractivity contribution >= 4 is 28.0 Å². The van der Waals surface area contributed by atoms with Crippen LogP contribution in [0.3, 0.4) is 0 Å². The van der Waals surface area contributed by atoms with E-state index in [4.69, 9.17) is 19.2 Å². The van der Waals surface area contributed by atoms with Crippen LogP contribution < -0.4 is 0 Å². The monoisotopic (exact) mass is 375 g/mol. The molecule has 0 aliphatic carbocycles. The van der Waals surface area contributed by atoms with Crippen molar-refractivity contribution in [2.24, 2.45) is 0 Å². The van der Waals surface area contributed by atoms with E-state index in [1.54, 1.807) is 12.1 Å². The molecule has 0 atom stereocenters. The Balaban J connectivity index is 2.17. The number of rotatable bonds is 6. The minimum Gasteiger partial charge on any atom is -0.459 e. The second-order valence-electron chi connectivity index (χ2n) is 4.48. The minimum absolute atomic E-state index is 0.0920. The minimum atomic E-state index is -0.705. The van der Waals surface area contributed by atoms with Crippen molar-refractivity contribution in [3.63, 3.8) is 0 Å². The molecule has 0 bridgehead atoms. The molecule has 23 heavy (non-hydrogen) atoms. The van der Waals surface area contributed by atoms with Gasteiger partial charge in [-0.1, -0.05) is 34.1 Å². The van der Waals surface area contributed by atoms with Gasteiger partial charge in [0.2, 0.25) is 0 Å². The van der Waals surface area contributed by atoms with Gasteiger partial charge in [0, 0.05) is 23.2 Å². The number of ether oxygens (including phenoxy) is 2. The summed E-state index contributed by atoms with van der Waals surface area (Å²) in [7, 11) is 1.50. The summed E-state index contributed by atoms with van der Waals surface area (Å²) in [6.45, 7) is 0.367. The van der Waals surface area contributed by atoms with Crippen molar-refractivity contribution in [3.05, 3.63) is 52.2 Å². The zero-order chi connectivity index (χ0) is 16.7. The maximum Gasteiger partial charge on any atom is 0.349 e. The van der Waals surface area contributed by atoms with Gasteiger partial charge in [-0.15, -0.1) is 0 Å². The number of benzene rings is 1. The van der Waals surface area contributed by atoms with Crippen LogP contribution in [0.5, 0.6) is 0 Å². The third kappa shape index (κ3) is 4.55. The van der Waals surface area contributed by atoms with E-state index in [0.717, 1.165) is 10.0 Å². The molecule has 0 N–H and O–H groups in total. The van der Waals surface area contributed by atoms with Gasteiger partial charge in [-0.05, 0) is 18.2 Å². The number of hydrogen-bond acceptors (Lipinski definition) is 5. The molecule has 1 aromatic carbocycles. The van der Waals surface area contributed by atoms with Crippen LogP contribution in [0.15, 0.2) is 50.9 Å². The van der Waals surface area contributed by atoms with Crippen molar-refractivity contribution in [3.8, 4) is 17.4 Å². The van der Waals surface area contributed by atoms with Crippen LogP contribution in [0.4, 0.5) is 0 Å². The van der Waals surface area contributed by atoms with Gasteiger partial charge in [-0.25, -0.2) is 4.79 Å². The van der Waals surface area contributed by atoms with E-state index in [1.807, 2.05) is 30.3 Å². The standard InChI is InChI=1S/C17H14BrNO4/c1-21-8-9-22-17(20)12(11-19)10-13-6-7-16(23-13)14-4-2-3-5-15(14)18/h2-7,10H,8-9H2,1H3/b12-10+. The van der Waals surface area contributed by atoms with Gasteiger partial charge in [-0.3, -0.25) is 0 Å². The molecule has 118 valence electrons. The highest BCUT2D eigenvalue weighted by Gasteiger charge is 2.13. The van der Waals surface area contributed by atoms with Gasteiger partial charge < -0.3 is 13.9 Å². The van der Waals surface area contributed by atoms with E-state index in [0.29, 0.717) is 11.5 Å². The highest BCUT2D eigenvalue weighted by atomic mass is 79.9. The molecule has 0 fully saturated rings. The summed E-state index contributed by atoms with van der Waals surface area (Å²) in [6, 6.07) is 12.9. The molecule has 0 aliphatic rings. The van der Waals surface area contributed by atoms with E-state index in [2.05, 4.69) is 15.9 Å². The molecule has 1 aromatic heterocycles. The molecule has 2 rings (SSSR count). The Labute approximate surface area is 142 Å². The third-order valence-corrected chi connectivity index (χ3v) is 3.61. The normalized spacial score (nSPS) is 11.1. The first kappa shape index (κ1) is 17.0. The van der Waals surface area contributed by atoms with E-state index in [-0.39, 0.29) is 18.8 Å². The largest absolute Gasteiger partial charge is 0.459 e. The number of carbonyl (C=O) groups is 1. The summed E-state index contributed by atoms with van der Waals surface area (Å²) in [5.74, 6) is 0.327. The highest BCUT2D eigenvalue weighted by Crippen LogP contribution is 2.29. The summed E-state index contributed by atoms with van der Waals surface area (Å²) in [5, 5.41) is 9.08. The van der Waals surface area contributed by atoms with Gasteiger partial charge in [0.1, 0.15) is 29.8 Å². The fourth-order valence-corrected chi connectivity index (χ4v) is 2.29. The summed E-state index contributed by atoms with van der Waals surface area (Å²) in [6.07, 6.45) is 1.36. The van der Waals surface area contributed by atoms with E-state index >= 15 is 0 Å². The average molecular weight is 376 g/mol. The summed E-state index contributed by atoms with van der Waals surface area (Å²) >= 11 is 3.45.